The van der Waals surface area contributed by atoms with Gasteiger partial charge in [0.25, 0.3) is 0 Å². The fourth-order valence-electron chi connectivity index (χ4n) is 7.11. The Morgan fingerprint density at radius 2 is 1.96 bits per heavy atom. The van der Waals surface area contributed by atoms with E-state index in [1.165, 1.54) is 43.2 Å². The first-order valence-electron chi connectivity index (χ1n) is 10.4. The van der Waals surface area contributed by atoms with Gasteiger partial charge in [0, 0.05) is 0 Å². The molecule has 2 N–H and O–H groups in total. The monoisotopic (exact) mass is 342 g/mol. The van der Waals surface area contributed by atoms with Crippen LogP contribution in [-0.4, -0.2) is 16.3 Å². The normalized spacial score (nSPS) is 42.6. The molecule has 0 aliphatic heterocycles. The van der Waals surface area contributed by atoms with E-state index < -0.39 is 0 Å². The summed E-state index contributed by atoms with van der Waals surface area (Å²) < 4.78 is 0. The zero-order chi connectivity index (χ0) is 17.8. The SMILES string of the molecule is CCCC[C@@H]1Cc2cc(O)ccc2[C@H]2CC[C@@]3(C)[C@@H](CC[C@@H]3O)[C@]12C. The van der Waals surface area contributed by atoms with Crippen molar-refractivity contribution in [3.63, 3.8) is 0 Å². The smallest absolute Gasteiger partial charge is 0.115 e. The zero-order valence-corrected chi connectivity index (χ0v) is 16.1. The Morgan fingerprint density at radius 1 is 1.16 bits per heavy atom. The van der Waals surface area contributed by atoms with Crippen LogP contribution in [0.4, 0.5) is 0 Å². The van der Waals surface area contributed by atoms with E-state index in [0.29, 0.717) is 23.5 Å². The Kier molecular flexibility index (Phi) is 4.18. The van der Waals surface area contributed by atoms with Crippen LogP contribution in [0, 0.1) is 22.7 Å². The number of fused-ring (bicyclic) bond motifs is 5. The number of rotatable bonds is 3. The van der Waals surface area contributed by atoms with E-state index in [2.05, 4.69) is 26.8 Å². The molecule has 0 spiro atoms. The van der Waals surface area contributed by atoms with E-state index in [1.54, 1.807) is 0 Å². The maximum Gasteiger partial charge on any atom is 0.115 e. The van der Waals surface area contributed by atoms with Crippen LogP contribution in [-0.2, 0) is 6.42 Å². The van der Waals surface area contributed by atoms with Gasteiger partial charge in [-0.25, -0.2) is 0 Å². The van der Waals surface area contributed by atoms with Crippen molar-refractivity contribution in [3.05, 3.63) is 29.3 Å². The third kappa shape index (κ3) is 2.40. The molecule has 2 heteroatoms. The Balaban J connectivity index is 1.80. The van der Waals surface area contributed by atoms with Crippen molar-refractivity contribution in [1.82, 2.24) is 0 Å². The van der Waals surface area contributed by atoms with Crippen molar-refractivity contribution in [1.29, 1.82) is 0 Å². The Hall–Kier alpha value is -1.02. The summed E-state index contributed by atoms with van der Waals surface area (Å²) in [6.07, 6.45) is 9.26. The molecule has 0 saturated heterocycles. The van der Waals surface area contributed by atoms with E-state index in [1.807, 2.05) is 12.1 Å². The van der Waals surface area contributed by atoms with Crippen LogP contribution in [0.2, 0.25) is 0 Å². The van der Waals surface area contributed by atoms with Crippen molar-refractivity contribution in [3.8, 4) is 5.75 Å². The maximum atomic E-state index is 10.7. The van der Waals surface area contributed by atoms with E-state index in [4.69, 9.17) is 0 Å². The lowest BCUT2D eigenvalue weighted by Crippen LogP contribution is -2.54. The highest BCUT2D eigenvalue weighted by Gasteiger charge is 2.62. The van der Waals surface area contributed by atoms with Gasteiger partial charge >= 0.3 is 0 Å². The van der Waals surface area contributed by atoms with E-state index >= 15 is 0 Å². The first kappa shape index (κ1) is 17.4. The molecule has 6 atom stereocenters. The van der Waals surface area contributed by atoms with Crippen LogP contribution in [0.5, 0.6) is 5.75 Å². The largest absolute Gasteiger partial charge is 0.508 e. The molecule has 0 aromatic heterocycles. The molecule has 2 saturated carbocycles. The van der Waals surface area contributed by atoms with Crippen LogP contribution in [0.1, 0.15) is 82.8 Å². The molecule has 3 aliphatic rings. The lowest BCUT2D eigenvalue weighted by atomic mass is 9.44. The van der Waals surface area contributed by atoms with E-state index in [0.717, 1.165) is 19.3 Å². The molecule has 1 aromatic rings. The van der Waals surface area contributed by atoms with Crippen molar-refractivity contribution < 1.29 is 10.2 Å². The van der Waals surface area contributed by atoms with Gasteiger partial charge in [0.1, 0.15) is 5.75 Å². The lowest BCUT2D eigenvalue weighted by molar-refractivity contribution is -0.0941. The molecular formula is C23H34O2. The maximum absolute atomic E-state index is 10.7. The Labute approximate surface area is 152 Å². The van der Waals surface area contributed by atoms with Crippen molar-refractivity contribution in [2.24, 2.45) is 22.7 Å². The highest BCUT2D eigenvalue weighted by molar-refractivity contribution is 5.42. The fraction of sp³-hybridized carbons (Fsp3) is 0.739. The first-order valence-corrected chi connectivity index (χ1v) is 10.4. The second-order valence-electron chi connectivity index (χ2n) is 9.54. The molecular weight excluding hydrogens is 308 g/mol. The highest BCUT2D eigenvalue weighted by atomic mass is 16.3. The second-order valence-corrected chi connectivity index (χ2v) is 9.54. The minimum absolute atomic E-state index is 0.101. The predicted molar refractivity (Wildman–Crippen MR) is 102 cm³/mol. The third-order valence-electron chi connectivity index (χ3n) is 8.51. The zero-order valence-electron chi connectivity index (χ0n) is 16.1. The van der Waals surface area contributed by atoms with Gasteiger partial charge in [-0.05, 0) is 90.4 Å². The molecule has 2 nitrogen and oxygen atoms in total. The molecule has 138 valence electrons. The van der Waals surface area contributed by atoms with E-state index in [9.17, 15) is 10.2 Å². The number of aliphatic hydroxyl groups excluding tert-OH is 1. The van der Waals surface area contributed by atoms with E-state index in [-0.39, 0.29) is 16.9 Å². The van der Waals surface area contributed by atoms with Gasteiger partial charge in [-0.3, -0.25) is 0 Å². The minimum Gasteiger partial charge on any atom is -0.508 e. The summed E-state index contributed by atoms with van der Waals surface area (Å²) in [7, 11) is 0. The summed E-state index contributed by atoms with van der Waals surface area (Å²) in [5.41, 5.74) is 3.25. The molecule has 1 aromatic carbocycles. The molecule has 0 amide bonds. The number of hydrogen-bond acceptors (Lipinski definition) is 2. The minimum atomic E-state index is -0.122. The fourth-order valence-corrected chi connectivity index (χ4v) is 7.11. The topological polar surface area (TPSA) is 40.5 Å². The number of phenolic OH excluding ortho intramolecular Hbond substituents is 1. The van der Waals surface area contributed by atoms with Gasteiger partial charge in [-0.15, -0.1) is 0 Å². The molecule has 4 rings (SSSR count). The van der Waals surface area contributed by atoms with Crippen molar-refractivity contribution in [2.75, 3.05) is 0 Å². The Morgan fingerprint density at radius 3 is 2.72 bits per heavy atom. The summed E-state index contributed by atoms with van der Waals surface area (Å²) in [4.78, 5) is 0. The molecule has 0 heterocycles. The summed E-state index contributed by atoms with van der Waals surface area (Å²) in [6.45, 7) is 7.20. The van der Waals surface area contributed by atoms with Gasteiger partial charge in [0.05, 0.1) is 6.10 Å². The summed E-state index contributed by atoms with van der Waals surface area (Å²) in [6, 6.07) is 6.09. The standard InChI is InChI=1S/C23H34O2/c1-4-5-6-16-13-15-14-17(24)7-8-18(15)19-11-12-22(2)20(23(16,19)3)9-10-21(22)25/h7-8,14,16,19-21,24-25H,4-6,9-13H2,1-3H3/t16-,19-,20-,21+,22+,23-/m1/s1. The Bertz CT molecular complexity index is 653. The quantitative estimate of drug-likeness (QED) is 0.770. The number of phenols is 1. The first-order chi connectivity index (χ1) is 11.9. The summed E-state index contributed by atoms with van der Waals surface area (Å²) >= 11 is 0. The third-order valence-corrected chi connectivity index (χ3v) is 8.51. The van der Waals surface area contributed by atoms with Gasteiger partial charge < -0.3 is 10.2 Å². The average Bonchev–Trinajstić information content (AvgIpc) is 2.89. The second kappa shape index (κ2) is 6.01. The van der Waals surface area contributed by atoms with Gasteiger partial charge in [-0.1, -0.05) is 39.7 Å². The van der Waals surface area contributed by atoms with Crippen LogP contribution in [0.15, 0.2) is 18.2 Å². The molecule has 0 unspecified atom stereocenters. The molecule has 25 heavy (non-hydrogen) atoms. The lowest BCUT2D eigenvalue weighted by Gasteiger charge is -2.60. The number of benzene rings is 1. The number of aromatic hydroxyl groups is 1. The summed E-state index contributed by atoms with van der Waals surface area (Å²) in [5.74, 6) is 2.29. The van der Waals surface area contributed by atoms with Crippen molar-refractivity contribution >= 4 is 0 Å². The summed E-state index contributed by atoms with van der Waals surface area (Å²) in [5, 5.41) is 20.8. The van der Waals surface area contributed by atoms with Crippen molar-refractivity contribution in [2.45, 2.75) is 84.2 Å². The van der Waals surface area contributed by atoms with Gasteiger partial charge in [0.2, 0.25) is 0 Å². The molecule has 0 radical (unpaired) electrons. The van der Waals surface area contributed by atoms with Crippen LogP contribution < -0.4 is 0 Å². The number of hydrogen-bond donors (Lipinski definition) is 2. The van der Waals surface area contributed by atoms with Crippen LogP contribution in [0.3, 0.4) is 0 Å². The van der Waals surface area contributed by atoms with Gasteiger partial charge in [-0.2, -0.15) is 0 Å². The number of unbranched alkanes of at least 4 members (excludes halogenated alkanes) is 1. The molecule has 3 aliphatic carbocycles. The average molecular weight is 343 g/mol. The highest BCUT2D eigenvalue weighted by Crippen LogP contribution is 2.68. The molecule has 2 fully saturated rings. The van der Waals surface area contributed by atoms with Crippen LogP contribution >= 0.6 is 0 Å². The molecule has 0 bridgehead atoms. The van der Waals surface area contributed by atoms with Gasteiger partial charge in [0.15, 0.2) is 0 Å². The predicted octanol–water partition coefficient (Wildman–Crippen LogP) is 5.42. The number of aliphatic hydroxyl groups is 1. The van der Waals surface area contributed by atoms with Crippen LogP contribution in [0.25, 0.3) is 0 Å².